The molecule has 1 fully saturated rings. The third-order valence-electron chi connectivity index (χ3n) is 5.82. The van der Waals surface area contributed by atoms with Gasteiger partial charge in [0.25, 0.3) is 11.7 Å². The molecule has 1 amide bonds. The molecule has 2 aromatic heterocycles. The predicted molar refractivity (Wildman–Crippen MR) is 130 cm³/mol. The van der Waals surface area contributed by atoms with E-state index in [0.29, 0.717) is 48.0 Å². The number of aromatic nitrogens is 2. The van der Waals surface area contributed by atoms with E-state index in [1.807, 2.05) is 49.3 Å². The lowest BCUT2D eigenvalue weighted by atomic mass is 9.96. The van der Waals surface area contributed by atoms with Gasteiger partial charge in [0, 0.05) is 19.3 Å². The maximum absolute atomic E-state index is 13.2. The minimum atomic E-state index is -0.734. The van der Waals surface area contributed by atoms with Crippen LogP contribution in [0.1, 0.15) is 23.0 Å². The maximum atomic E-state index is 13.2. The highest BCUT2D eigenvalue weighted by molar-refractivity contribution is 6.46. The Morgan fingerprint density at radius 2 is 1.94 bits per heavy atom. The Balaban J connectivity index is 1.86. The third-order valence-corrected chi connectivity index (χ3v) is 5.82. The molecular weight excluding hydrogens is 432 g/mol. The number of likely N-dealkylation sites (tertiary alicyclic amines) is 1. The Morgan fingerprint density at radius 3 is 2.62 bits per heavy atom. The molecule has 176 valence electrons. The van der Waals surface area contributed by atoms with Gasteiger partial charge in [-0.1, -0.05) is 30.9 Å². The minimum absolute atomic E-state index is 0.0530. The summed E-state index contributed by atoms with van der Waals surface area (Å²) < 4.78 is 7.30. The zero-order valence-corrected chi connectivity index (χ0v) is 19.6. The van der Waals surface area contributed by atoms with Crippen molar-refractivity contribution >= 4 is 23.1 Å². The van der Waals surface area contributed by atoms with Crippen LogP contribution in [-0.4, -0.2) is 69.8 Å². The first-order valence-corrected chi connectivity index (χ1v) is 11.0. The summed E-state index contributed by atoms with van der Waals surface area (Å²) in [5, 5.41) is 11.4. The van der Waals surface area contributed by atoms with Gasteiger partial charge in [-0.05, 0) is 50.8 Å². The molecule has 0 aliphatic carbocycles. The van der Waals surface area contributed by atoms with Gasteiger partial charge >= 0.3 is 0 Å². The lowest BCUT2D eigenvalue weighted by molar-refractivity contribution is -0.140. The summed E-state index contributed by atoms with van der Waals surface area (Å²) >= 11 is 0. The Hall–Kier alpha value is -3.91. The largest absolute Gasteiger partial charge is 0.505 e. The Bertz CT molecular complexity index is 1270. The summed E-state index contributed by atoms with van der Waals surface area (Å²) in [6, 6.07) is 11.9. The average Bonchev–Trinajstić information content (AvgIpc) is 3.29. The fourth-order valence-electron chi connectivity index (χ4n) is 4.19. The number of imidazole rings is 1. The predicted octanol–water partition coefficient (Wildman–Crippen LogP) is 3.19. The van der Waals surface area contributed by atoms with E-state index in [2.05, 4.69) is 11.6 Å². The lowest BCUT2D eigenvalue weighted by Crippen LogP contribution is -2.35. The molecule has 1 N–H and O–H groups in total. The van der Waals surface area contributed by atoms with Gasteiger partial charge in [-0.25, -0.2) is 4.98 Å². The van der Waals surface area contributed by atoms with Gasteiger partial charge in [-0.3, -0.25) is 14.0 Å². The van der Waals surface area contributed by atoms with Crippen LogP contribution in [0.3, 0.4) is 0 Å². The Morgan fingerprint density at radius 1 is 1.21 bits per heavy atom. The van der Waals surface area contributed by atoms with Crippen molar-refractivity contribution in [1.29, 1.82) is 0 Å². The fraction of sp³-hybridized carbons (Fsp3) is 0.269. The monoisotopic (exact) mass is 460 g/mol. The molecule has 3 heterocycles. The molecule has 4 rings (SSSR count). The number of amides is 1. The Kier molecular flexibility index (Phi) is 6.51. The number of benzene rings is 1. The van der Waals surface area contributed by atoms with Gasteiger partial charge in [-0.2, -0.15) is 0 Å². The quantitative estimate of drug-likeness (QED) is 0.240. The van der Waals surface area contributed by atoms with Gasteiger partial charge in [-0.15, -0.1) is 0 Å². The van der Waals surface area contributed by atoms with Crippen molar-refractivity contribution in [2.45, 2.75) is 13.0 Å². The fourth-order valence-corrected chi connectivity index (χ4v) is 4.19. The second kappa shape index (κ2) is 9.52. The highest BCUT2D eigenvalue weighted by Gasteiger charge is 2.46. The van der Waals surface area contributed by atoms with Crippen molar-refractivity contribution in [3.8, 4) is 5.75 Å². The number of Topliss-reactive ketones (excluding diaryl/α,β-unsaturated/α-hetero) is 1. The van der Waals surface area contributed by atoms with E-state index in [1.54, 1.807) is 35.7 Å². The number of hydrogen-bond donors (Lipinski definition) is 1. The van der Waals surface area contributed by atoms with Crippen molar-refractivity contribution < 1.29 is 19.4 Å². The molecular formula is C26H28N4O4. The van der Waals surface area contributed by atoms with Gasteiger partial charge in [0.15, 0.2) is 5.76 Å². The summed E-state index contributed by atoms with van der Waals surface area (Å²) in [7, 11) is 3.80. The molecule has 8 heteroatoms. The number of rotatable bonds is 8. The van der Waals surface area contributed by atoms with Crippen LogP contribution in [0.4, 0.5) is 0 Å². The van der Waals surface area contributed by atoms with E-state index in [1.165, 1.54) is 4.90 Å². The van der Waals surface area contributed by atoms with Gasteiger partial charge in [0.1, 0.15) is 23.7 Å². The van der Waals surface area contributed by atoms with Crippen molar-refractivity contribution in [2.75, 3.05) is 33.8 Å². The average molecular weight is 461 g/mol. The highest BCUT2D eigenvalue weighted by Crippen LogP contribution is 2.40. The molecule has 1 aliphatic heterocycles. The standard InChI is InChI=1S/C26H28N4O4/c1-5-16-34-19-11-9-18(10-12-19)23-21(25(32)26(33)30(23)15-14-28(3)4)24(31)22-17(2)27-20-8-6-7-13-29(20)22/h5-13,23,31H,1,14-16H2,2-4H3. The van der Waals surface area contributed by atoms with Crippen molar-refractivity contribution in [2.24, 2.45) is 0 Å². The van der Waals surface area contributed by atoms with Crippen molar-refractivity contribution in [1.82, 2.24) is 19.2 Å². The van der Waals surface area contributed by atoms with Crippen LogP contribution in [0.2, 0.25) is 0 Å². The number of ether oxygens (including phenoxy) is 1. The lowest BCUT2D eigenvalue weighted by Gasteiger charge is -2.26. The van der Waals surface area contributed by atoms with Crippen LogP contribution in [0.5, 0.6) is 5.75 Å². The summed E-state index contributed by atoms with van der Waals surface area (Å²) in [6.07, 6.45) is 3.43. The summed E-state index contributed by atoms with van der Waals surface area (Å²) in [5.74, 6) is -0.934. The van der Waals surface area contributed by atoms with Crippen LogP contribution in [0.15, 0.2) is 66.9 Å². The number of aliphatic hydroxyl groups excluding tert-OH is 1. The van der Waals surface area contributed by atoms with E-state index >= 15 is 0 Å². The molecule has 1 aliphatic rings. The first kappa shape index (κ1) is 23.3. The second-order valence-corrected chi connectivity index (χ2v) is 8.44. The van der Waals surface area contributed by atoms with Gasteiger partial charge < -0.3 is 19.6 Å². The van der Waals surface area contributed by atoms with Crippen LogP contribution in [0, 0.1) is 6.92 Å². The van der Waals surface area contributed by atoms with E-state index in [4.69, 9.17) is 4.74 Å². The second-order valence-electron chi connectivity index (χ2n) is 8.44. The SMILES string of the molecule is C=CCOc1ccc(C2C(=C(O)c3c(C)nc4ccccn34)C(=O)C(=O)N2CCN(C)C)cc1. The third kappa shape index (κ3) is 4.20. The molecule has 1 aromatic carbocycles. The van der Waals surface area contributed by atoms with Crippen LogP contribution in [0.25, 0.3) is 11.4 Å². The number of hydrogen-bond acceptors (Lipinski definition) is 6. The molecule has 0 saturated carbocycles. The molecule has 8 nitrogen and oxygen atoms in total. The summed E-state index contributed by atoms with van der Waals surface area (Å²) in [6.45, 7) is 6.69. The van der Waals surface area contributed by atoms with Crippen molar-refractivity contribution in [3.63, 3.8) is 0 Å². The number of carbonyl (C=O) groups is 2. The summed E-state index contributed by atoms with van der Waals surface area (Å²) in [5.41, 5.74) is 2.37. The van der Waals surface area contributed by atoms with E-state index < -0.39 is 17.7 Å². The molecule has 3 aromatic rings. The number of aliphatic hydroxyl groups is 1. The molecule has 0 bridgehead atoms. The number of aryl methyl sites for hydroxylation is 1. The summed E-state index contributed by atoms with van der Waals surface area (Å²) in [4.78, 5) is 34.3. The number of ketones is 1. The molecule has 34 heavy (non-hydrogen) atoms. The molecule has 1 atom stereocenters. The topological polar surface area (TPSA) is 87.4 Å². The maximum Gasteiger partial charge on any atom is 0.295 e. The number of carbonyl (C=O) groups excluding carboxylic acids is 2. The molecule has 0 radical (unpaired) electrons. The highest BCUT2D eigenvalue weighted by atomic mass is 16.5. The number of fused-ring (bicyclic) bond motifs is 1. The number of pyridine rings is 1. The van der Waals surface area contributed by atoms with Crippen molar-refractivity contribution in [3.05, 3.63) is 83.8 Å². The van der Waals surface area contributed by atoms with Crippen LogP contribution in [-0.2, 0) is 9.59 Å². The minimum Gasteiger partial charge on any atom is -0.505 e. The van der Waals surface area contributed by atoms with E-state index in [9.17, 15) is 14.7 Å². The molecule has 0 spiro atoms. The van der Waals surface area contributed by atoms with Crippen LogP contribution < -0.4 is 4.74 Å². The smallest absolute Gasteiger partial charge is 0.295 e. The van der Waals surface area contributed by atoms with E-state index in [-0.39, 0.29) is 11.3 Å². The van der Waals surface area contributed by atoms with Gasteiger partial charge in [0.05, 0.1) is 17.3 Å². The first-order valence-electron chi connectivity index (χ1n) is 11.0. The number of likely N-dealkylation sites (N-methyl/N-ethyl adjacent to an activating group) is 1. The Labute approximate surface area is 198 Å². The van der Waals surface area contributed by atoms with Gasteiger partial charge in [0.2, 0.25) is 0 Å². The van der Waals surface area contributed by atoms with E-state index in [0.717, 1.165) is 0 Å². The molecule has 1 saturated heterocycles. The first-order chi connectivity index (χ1) is 16.3. The van der Waals surface area contributed by atoms with Crippen LogP contribution >= 0.6 is 0 Å². The number of nitrogens with zero attached hydrogens (tertiary/aromatic N) is 4. The zero-order chi connectivity index (χ0) is 24.4. The molecule has 1 unspecified atom stereocenters. The zero-order valence-electron chi connectivity index (χ0n) is 19.6. The normalized spacial score (nSPS) is 17.6.